The zero-order valence-corrected chi connectivity index (χ0v) is 27.3. The third-order valence-electron chi connectivity index (χ3n) is 12.7. The Kier molecular flexibility index (Phi) is 12.5. The second-order valence-corrected chi connectivity index (χ2v) is 15.2. The molecule has 2 nitrogen and oxygen atoms in total. The second-order valence-electron chi connectivity index (χ2n) is 15.2. The molecule has 0 heterocycles. The summed E-state index contributed by atoms with van der Waals surface area (Å²) in [5.41, 5.74) is 2.59. The molecule has 0 aliphatic heterocycles. The molecule has 0 N–H and O–H groups in total. The van der Waals surface area contributed by atoms with Gasteiger partial charge in [-0.1, -0.05) is 123 Å². The number of unbranched alkanes of at least 4 members (excludes halogenated alkanes) is 12. The van der Waals surface area contributed by atoms with Crippen molar-refractivity contribution in [1.82, 2.24) is 0 Å². The number of allylic oxidation sites excluding steroid dienone is 1. The van der Waals surface area contributed by atoms with E-state index in [1.807, 2.05) is 0 Å². The number of fused-ring (bicyclic) bond motifs is 5. The molecule has 0 amide bonds. The number of esters is 1. The molecule has 0 aromatic carbocycles. The first-order valence-corrected chi connectivity index (χ1v) is 18.3. The Morgan fingerprint density at radius 3 is 2.12 bits per heavy atom. The van der Waals surface area contributed by atoms with Crippen LogP contribution in [-0.2, 0) is 9.53 Å². The summed E-state index contributed by atoms with van der Waals surface area (Å²) < 4.78 is 6.07. The first-order valence-electron chi connectivity index (χ1n) is 18.3. The summed E-state index contributed by atoms with van der Waals surface area (Å²) in [5, 5.41) is 0. The average Bonchev–Trinajstić information content (AvgIpc) is 3.28. The van der Waals surface area contributed by atoms with E-state index in [1.165, 1.54) is 128 Å². The molecule has 7 unspecified atom stereocenters. The largest absolute Gasteiger partial charge is 0.462 e. The van der Waals surface area contributed by atoms with Gasteiger partial charge in [-0.3, -0.25) is 4.79 Å². The lowest BCUT2D eigenvalue weighted by Gasteiger charge is -2.58. The van der Waals surface area contributed by atoms with Gasteiger partial charge in [-0.25, -0.2) is 0 Å². The quantitative estimate of drug-likeness (QED) is 0.101. The van der Waals surface area contributed by atoms with E-state index in [-0.39, 0.29) is 12.1 Å². The predicted octanol–water partition coefficient (Wildman–Crippen LogP) is 11.8. The summed E-state index contributed by atoms with van der Waals surface area (Å²) in [4.78, 5) is 12.6. The second kappa shape index (κ2) is 15.6. The van der Waals surface area contributed by atoms with Crippen LogP contribution in [0, 0.1) is 34.5 Å². The Balaban J connectivity index is 1.22. The molecular weight excluding hydrogens is 488 g/mol. The Labute approximate surface area is 249 Å². The van der Waals surface area contributed by atoms with E-state index in [0.29, 0.717) is 17.3 Å². The lowest BCUT2D eigenvalue weighted by Crippen LogP contribution is -2.50. The fourth-order valence-corrected chi connectivity index (χ4v) is 10.1. The van der Waals surface area contributed by atoms with Crippen LogP contribution < -0.4 is 0 Å². The van der Waals surface area contributed by atoms with Crippen LogP contribution in [0.1, 0.15) is 182 Å². The Morgan fingerprint density at radius 1 is 0.775 bits per heavy atom. The molecule has 0 bridgehead atoms. The Bertz CT molecular complexity index is 799. The van der Waals surface area contributed by atoms with Gasteiger partial charge in [0.15, 0.2) is 0 Å². The highest BCUT2D eigenvalue weighted by atomic mass is 16.5. The van der Waals surface area contributed by atoms with Crippen molar-refractivity contribution in [3.8, 4) is 0 Å². The Hall–Kier alpha value is -0.790. The monoisotopic (exact) mass is 555 g/mol. The van der Waals surface area contributed by atoms with Crippen molar-refractivity contribution in [1.29, 1.82) is 0 Å². The third-order valence-corrected chi connectivity index (χ3v) is 12.7. The van der Waals surface area contributed by atoms with Gasteiger partial charge in [0.1, 0.15) is 6.10 Å². The molecule has 4 aliphatic rings. The van der Waals surface area contributed by atoms with E-state index in [2.05, 4.69) is 33.8 Å². The summed E-state index contributed by atoms with van der Waals surface area (Å²) in [5.74, 6) is 3.72. The highest BCUT2D eigenvalue weighted by molar-refractivity contribution is 5.69. The molecule has 0 saturated heterocycles. The van der Waals surface area contributed by atoms with E-state index in [9.17, 15) is 4.79 Å². The molecule has 0 spiro atoms. The molecule has 230 valence electrons. The SMILES string of the molecule is CCCCCCCCCCC(=O)OC1CCC2(C)C(=CCC3C2CCC2(C)C(CCCCCCCC)CCC32)C1. The van der Waals surface area contributed by atoms with Gasteiger partial charge >= 0.3 is 5.97 Å². The standard InChI is InChI=1S/C38H66O2/c1-5-7-9-11-13-14-16-18-20-36(39)40-32-25-27-38(4)31(29-32)21-23-33-34-24-22-30(19-17-15-12-10-8-6-2)37(34,3)28-26-35(33)38/h21,30,32-35H,5-20,22-29H2,1-4H3. The molecular formula is C38H66O2. The molecule has 4 rings (SSSR count). The zero-order valence-electron chi connectivity index (χ0n) is 27.3. The maximum Gasteiger partial charge on any atom is 0.306 e. The number of hydrogen-bond acceptors (Lipinski definition) is 2. The highest BCUT2D eigenvalue weighted by Crippen LogP contribution is 2.66. The van der Waals surface area contributed by atoms with Crippen molar-refractivity contribution >= 4 is 5.97 Å². The van der Waals surface area contributed by atoms with Crippen LogP contribution in [0.15, 0.2) is 11.6 Å². The third kappa shape index (κ3) is 7.78. The molecule has 4 aliphatic carbocycles. The van der Waals surface area contributed by atoms with Crippen LogP contribution in [0.3, 0.4) is 0 Å². The van der Waals surface area contributed by atoms with E-state index < -0.39 is 0 Å². The van der Waals surface area contributed by atoms with Crippen molar-refractivity contribution in [2.75, 3.05) is 0 Å². The molecule has 0 aromatic rings. The van der Waals surface area contributed by atoms with E-state index in [0.717, 1.165) is 42.9 Å². The topological polar surface area (TPSA) is 26.3 Å². The van der Waals surface area contributed by atoms with Gasteiger partial charge in [-0.15, -0.1) is 0 Å². The number of carbonyl (C=O) groups excluding carboxylic acids is 1. The van der Waals surface area contributed by atoms with Crippen LogP contribution in [0.2, 0.25) is 0 Å². The minimum absolute atomic E-state index is 0.0599. The van der Waals surface area contributed by atoms with Crippen molar-refractivity contribution in [2.45, 2.75) is 188 Å². The van der Waals surface area contributed by atoms with Gasteiger partial charge < -0.3 is 4.74 Å². The van der Waals surface area contributed by atoms with Crippen LogP contribution in [0.25, 0.3) is 0 Å². The summed E-state index contributed by atoms with van der Waals surface area (Å²) in [6, 6.07) is 0. The Morgan fingerprint density at radius 2 is 1.43 bits per heavy atom. The maximum atomic E-state index is 12.6. The average molecular weight is 555 g/mol. The van der Waals surface area contributed by atoms with E-state index >= 15 is 0 Å². The molecule has 0 radical (unpaired) electrons. The minimum atomic E-state index is 0.0599. The van der Waals surface area contributed by atoms with Crippen LogP contribution in [0.5, 0.6) is 0 Å². The number of hydrogen-bond donors (Lipinski definition) is 0. The molecule has 2 heteroatoms. The minimum Gasteiger partial charge on any atom is -0.462 e. The van der Waals surface area contributed by atoms with Crippen molar-refractivity contribution in [3.05, 3.63) is 11.6 Å². The van der Waals surface area contributed by atoms with Gasteiger partial charge in [0.2, 0.25) is 0 Å². The fraction of sp³-hybridized carbons (Fsp3) is 0.921. The molecule has 3 fully saturated rings. The molecule has 0 aromatic heterocycles. The summed E-state index contributed by atoms with van der Waals surface area (Å²) in [6.45, 7) is 9.89. The normalized spacial score (nSPS) is 35.0. The van der Waals surface area contributed by atoms with Gasteiger partial charge in [0, 0.05) is 12.8 Å². The fourth-order valence-electron chi connectivity index (χ4n) is 10.1. The smallest absolute Gasteiger partial charge is 0.306 e. The summed E-state index contributed by atoms with van der Waals surface area (Å²) in [6.07, 6.45) is 34.1. The highest BCUT2D eigenvalue weighted by Gasteiger charge is 2.58. The molecule has 40 heavy (non-hydrogen) atoms. The number of rotatable bonds is 17. The van der Waals surface area contributed by atoms with Crippen LogP contribution in [-0.4, -0.2) is 12.1 Å². The summed E-state index contributed by atoms with van der Waals surface area (Å²) in [7, 11) is 0. The van der Waals surface area contributed by atoms with Crippen LogP contribution >= 0.6 is 0 Å². The van der Waals surface area contributed by atoms with Gasteiger partial charge in [0.25, 0.3) is 0 Å². The molecule has 7 atom stereocenters. The number of ether oxygens (including phenoxy) is 1. The number of carbonyl (C=O) groups is 1. The lowest BCUT2D eigenvalue weighted by molar-refractivity contribution is -0.151. The maximum absolute atomic E-state index is 12.6. The van der Waals surface area contributed by atoms with Gasteiger partial charge in [-0.05, 0) is 92.3 Å². The summed E-state index contributed by atoms with van der Waals surface area (Å²) >= 11 is 0. The van der Waals surface area contributed by atoms with Crippen LogP contribution in [0.4, 0.5) is 0 Å². The first-order chi connectivity index (χ1) is 19.4. The lowest BCUT2D eigenvalue weighted by atomic mass is 9.47. The predicted molar refractivity (Wildman–Crippen MR) is 170 cm³/mol. The van der Waals surface area contributed by atoms with Crippen molar-refractivity contribution in [2.24, 2.45) is 34.5 Å². The van der Waals surface area contributed by atoms with E-state index in [4.69, 9.17) is 4.74 Å². The van der Waals surface area contributed by atoms with Gasteiger partial charge in [0.05, 0.1) is 0 Å². The first kappa shape index (κ1) is 32.1. The zero-order chi connectivity index (χ0) is 28.4. The van der Waals surface area contributed by atoms with Crippen molar-refractivity contribution in [3.63, 3.8) is 0 Å². The molecule has 3 saturated carbocycles. The van der Waals surface area contributed by atoms with E-state index in [1.54, 1.807) is 5.57 Å². The van der Waals surface area contributed by atoms with Crippen molar-refractivity contribution < 1.29 is 9.53 Å². The van der Waals surface area contributed by atoms with Gasteiger partial charge in [-0.2, -0.15) is 0 Å².